The Morgan fingerprint density at radius 2 is 2.00 bits per heavy atom. The normalized spacial score (nSPS) is 12.9. The van der Waals surface area contributed by atoms with E-state index < -0.39 is 0 Å². The van der Waals surface area contributed by atoms with E-state index in [0.29, 0.717) is 17.5 Å². The van der Waals surface area contributed by atoms with Gasteiger partial charge in [-0.1, -0.05) is 11.6 Å². The van der Waals surface area contributed by atoms with E-state index in [1.807, 2.05) is 50.1 Å². The highest BCUT2D eigenvalue weighted by atomic mass is 35.5. The van der Waals surface area contributed by atoms with Crippen molar-refractivity contribution in [2.24, 2.45) is 0 Å². The molecule has 0 amide bonds. The maximum atomic E-state index is 8.99. The number of nitrogens with zero attached hydrogens (tertiary/aromatic N) is 2. The minimum absolute atomic E-state index is 0.0156. The molecule has 0 aliphatic rings. The molecule has 1 N–H and O–H groups in total. The Labute approximate surface area is 124 Å². The summed E-state index contributed by atoms with van der Waals surface area (Å²) < 4.78 is 5.89. The van der Waals surface area contributed by atoms with Crippen LogP contribution in [0.3, 0.4) is 0 Å². The molecule has 1 aromatic carbocycles. The van der Waals surface area contributed by atoms with Gasteiger partial charge in [-0.25, -0.2) is 4.98 Å². The number of likely N-dealkylation sites (N-methyl/N-ethyl adjacent to an activating group) is 1. The molecule has 20 heavy (non-hydrogen) atoms. The second-order valence-corrected chi connectivity index (χ2v) is 5.29. The minimum Gasteiger partial charge on any atom is -0.439 e. The number of hydrogen-bond donors (Lipinski definition) is 1. The molecule has 5 heteroatoms. The fourth-order valence-corrected chi connectivity index (χ4v) is 2.13. The molecule has 1 atom stereocenters. The third-order valence-corrected chi connectivity index (χ3v) is 3.64. The van der Waals surface area contributed by atoms with Crippen LogP contribution in [0.2, 0.25) is 5.02 Å². The van der Waals surface area contributed by atoms with Crippen LogP contribution >= 0.6 is 11.6 Å². The molecule has 0 aliphatic carbocycles. The second-order valence-electron chi connectivity index (χ2n) is 4.85. The van der Waals surface area contributed by atoms with Crippen LogP contribution in [0.15, 0.2) is 28.7 Å². The topological polar surface area (TPSA) is 49.5 Å². The van der Waals surface area contributed by atoms with Crippen molar-refractivity contribution in [1.82, 2.24) is 9.88 Å². The zero-order valence-corrected chi connectivity index (χ0v) is 12.7. The summed E-state index contributed by atoms with van der Waals surface area (Å²) in [5, 5.41) is 9.69. The molecular formula is C15H19ClN2O2. The maximum absolute atomic E-state index is 8.99. The first kappa shape index (κ1) is 15.0. The lowest BCUT2D eigenvalue weighted by Crippen LogP contribution is -2.25. The van der Waals surface area contributed by atoms with E-state index in [-0.39, 0.29) is 12.6 Å². The van der Waals surface area contributed by atoms with Crippen LogP contribution in [0.1, 0.15) is 24.6 Å². The Bertz CT molecular complexity index is 566. The smallest absolute Gasteiger partial charge is 0.212 e. The van der Waals surface area contributed by atoms with Crippen molar-refractivity contribution in [1.29, 1.82) is 0 Å². The van der Waals surface area contributed by atoms with Crippen LogP contribution < -0.4 is 0 Å². The van der Waals surface area contributed by atoms with Gasteiger partial charge in [0, 0.05) is 17.1 Å². The highest BCUT2D eigenvalue weighted by Crippen LogP contribution is 2.29. The number of aryl methyl sites for hydroxylation is 1. The molecule has 4 nitrogen and oxygen atoms in total. The number of hydrogen-bond acceptors (Lipinski definition) is 4. The standard InChI is InChI=1S/C15H19ClN2O2/c1-10-14(12-4-6-13(16)7-5-12)20-15(17-10)11(2)18(3)8-9-19/h4-7,11,19H,8-9H2,1-3H3. The average molecular weight is 295 g/mol. The second kappa shape index (κ2) is 6.39. The van der Waals surface area contributed by atoms with E-state index in [1.165, 1.54) is 0 Å². The third-order valence-electron chi connectivity index (χ3n) is 3.39. The summed E-state index contributed by atoms with van der Waals surface area (Å²) in [6, 6.07) is 7.52. The Morgan fingerprint density at radius 3 is 2.60 bits per heavy atom. The van der Waals surface area contributed by atoms with Crippen molar-refractivity contribution >= 4 is 11.6 Å². The quantitative estimate of drug-likeness (QED) is 0.919. The first-order chi connectivity index (χ1) is 9.52. The molecule has 0 spiro atoms. The van der Waals surface area contributed by atoms with Crippen molar-refractivity contribution in [3.63, 3.8) is 0 Å². The van der Waals surface area contributed by atoms with Crippen molar-refractivity contribution < 1.29 is 9.52 Å². The molecule has 1 aromatic heterocycles. The minimum atomic E-state index is 0.0156. The molecular weight excluding hydrogens is 276 g/mol. The van der Waals surface area contributed by atoms with Gasteiger partial charge in [0.15, 0.2) is 5.76 Å². The van der Waals surface area contributed by atoms with Crippen molar-refractivity contribution in [3.8, 4) is 11.3 Å². The van der Waals surface area contributed by atoms with Crippen LogP contribution in [0.5, 0.6) is 0 Å². The summed E-state index contributed by atoms with van der Waals surface area (Å²) in [5.41, 5.74) is 1.81. The summed E-state index contributed by atoms with van der Waals surface area (Å²) in [6.07, 6.45) is 0. The molecule has 108 valence electrons. The number of aromatic nitrogens is 1. The molecule has 2 rings (SSSR count). The summed E-state index contributed by atoms with van der Waals surface area (Å²) in [5.74, 6) is 1.42. The van der Waals surface area contributed by atoms with Gasteiger partial charge in [0.2, 0.25) is 5.89 Å². The first-order valence-electron chi connectivity index (χ1n) is 6.57. The van der Waals surface area contributed by atoms with Crippen molar-refractivity contribution in [3.05, 3.63) is 40.9 Å². The van der Waals surface area contributed by atoms with Crippen molar-refractivity contribution in [2.75, 3.05) is 20.2 Å². The van der Waals surface area contributed by atoms with Gasteiger partial charge in [-0.15, -0.1) is 0 Å². The number of benzene rings is 1. The number of halogens is 1. The molecule has 0 saturated carbocycles. The average Bonchev–Trinajstić information content (AvgIpc) is 2.81. The fraction of sp³-hybridized carbons (Fsp3) is 0.400. The van der Waals surface area contributed by atoms with E-state index in [0.717, 1.165) is 17.0 Å². The fourth-order valence-electron chi connectivity index (χ4n) is 2.00. The lowest BCUT2D eigenvalue weighted by molar-refractivity contribution is 0.172. The van der Waals surface area contributed by atoms with Gasteiger partial charge < -0.3 is 9.52 Å². The van der Waals surface area contributed by atoms with Crippen LogP contribution in [0, 0.1) is 6.92 Å². The first-order valence-corrected chi connectivity index (χ1v) is 6.95. The van der Waals surface area contributed by atoms with E-state index in [2.05, 4.69) is 4.98 Å². The SMILES string of the molecule is Cc1nc(C(C)N(C)CCO)oc1-c1ccc(Cl)cc1. The van der Waals surface area contributed by atoms with E-state index in [1.54, 1.807) is 0 Å². The summed E-state index contributed by atoms with van der Waals surface area (Å²) in [6.45, 7) is 4.63. The van der Waals surface area contributed by atoms with Crippen LogP contribution in [0.25, 0.3) is 11.3 Å². The van der Waals surface area contributed by atoms with E-state index in [4.69, 9.17) is 21.1 Å². The summed E-state index contributed by atoms with van der Waals surface area (Å²) in [4.78, 5) is 6.49. The highest BCUT2D eigenvalue weighted by molar-refractivity contribution is 6.30. The molecule has 0 fully saturated rings. The Balaban J connectivity index is 2.27. The summed E-state index contributed by atoms with van der Waals surface area (Å²) in [7, 11) is 1.93. The number of aliphatic hydroxyl groups is 1. The van der Waals surface area contributed by atoms with Crippen LogP contribution in [-0.2, 0) is 0 Å². The van der Waals surface area contributed by atoms with Crippen LogP contribution in [0.4, 0.5) is 0 Å². The monoisotopic (exact) mass is 294 g/mol. The molecule has 0 bridgehead atoms. The van der Waals surface area contributed by atoms with E-state index >= 15 is 0 Å². The summed E-state index contributed by atoms with van der Waals surface area (Å²) >= 11 is 5.89. The molecule has 1 heterocycles. The van der Waals surface area contributed by atoms with Gasteiger partial charge in [0.05, 0.1) is 18.3 Å². The Kier molecular flexibility index (Phi) is 4.81. The largest absolute Gasteiger partial charge is 0.439 e. The maximum Gasteiger partial charge on any atom is 0.212 e. The lowest BCUT2D eigenvalue weighted by atomic mass is 10.1. The van der Waals surface area contributed by atoms with Gasteiger partial charge in [-0.05, 0) is 45.2 Å². The zero-order valence-electron chi connectivity index (χ0n) is 11.9. The van der Waals surface area contributed by atoms with Gasteiger partial charge in [-0.2, -0.15) is 0 Å². The van der Waals surface area contributed by atoms with Gasteiger partial charge >= 0.3 is 0 Å². The predicted molar refractivity (Wildman–Crippen MR) is 79.8 cm³/mol. The van der Waals surface area contributed by atoms with Crippen LogP contribution in [-0.4, -0.2) is 35.2 Å². The molecule has 0 saturated heterocycles. The number of oxazole rings is 1. The van der Waals surface area contributed by atoms with Crippen molar-refractivity contribution in [2.45, 2.75) is 19.9 Å². The highest BCUT2D eigenvalue weighted by Gasteiger charge is 2.19. The van der Waals surface area contributed by atoms with E-state index in [9.17, 15) is 0 Å². The van der Waals surface area contributed by atoms with Gasteiger partial charge in [0.25, 0.3) is 0 Å². The Hall–Kier alpha value is -1.36. The molecule has 0 aliphatic heterocycles. The number of rotatable bonds is 5. The molecule has 1 unspecified atom stereocenters. The Morgan fingerprint density at radius 1 is 1.35 bits per heavy atom. The molecule has 2 aromatic rings. The predicted octanol–water partition coefficient (Wildman–Crippen LogP) is 3.29. The third kappa shape index (κ3) is 3.20. The van der Waals surface area contributed by atoms with Gasteiger partial charge in [-0.3, -0.25) is 4.90 Å². The van der Waals surface area contributed by atoms with Gasteiger partial charge in [0.1, 0.15) is 0 Å². The zero-order chi connectivity index (χ0) is 14.7. The molecule has 0 radical (unpaired) electrons. The lowest BCUT2D eigenvalue weighted by Gasteiger charge is -2.20. The number of aliphatic hydroxyl groups excluding tert-OH is 1.